The number of hydrogen-bond donors (Lipinski definition) is 2. The number of nitrogens with zero attached hydrogens (tertiary/aromatic N) is 1. The van der Waals surface area contributed by atoms with E-state index in [-0.39, 0.29) is 40.6 Å². The Kier molecular flexibility index (Phi) is 4.55. The minimum absolute atomic E-state index is 0.00470. The third-order valence-electron chi connectivity index (χ3n) is 5.75. The van der Waals surface area contributed by atoms with Crippen LogP contribution < -0.4 is 5.56 Å². The van der Waals surface area contributed by atoms with Crippen molar-refractivity contribution in [2.24, 2.45) is 0 Å². The van der Waals surface area contributed by atoms with Gasteiger partial charge in [-0.05, 0) is 35.7 Å². The van der Waals surface area contributed by atoms with Crippen molar-refractivity contribution in [2.45, 2.75) is 12.6 Å². The zero-order valence-corrected chi connectivity index (χ0v) is 16.6. The molecular weight excluding hydrogens is 430 g/mol. The van der Waals surface area contributed by atoms with Crippen molar-refractivity contribution in [3.05, 3.63) is 80.9 Å². The third-order valence-corrected chi connectivity index (χ3v) is 5.75. The predicted molar refractivity (Wildman–Crippen MR) is 107 cm³/mol. The Bertz CT molecular complexity index is 1480. The molecule has 2 N–H and O–H groups in total. The summed E-state index contributed by atoms with van der Waals surface area (Å²) in [6.07, 6.45) is 0. The number of aromatic nitrogens is 2. The number of aromatic amines is 2. The van der Waals surface area contributed by atoms with Gasteiger partial charge in [0.1, 0.15) is 5.69 Å². The van der Waals surface area contributed by atoms with Crippen LogP contribution in [0.3, 0.4) is 0 Å². The van der Waals surface area contributed by atoms with Crippen LogP contribution in [0.2, 0.25) is 0 Å². The number of rotatable bonds is 2. The Morgan fingerprint density at radius 3 is 2.47 bits per heavy atom. The summed E-state index contributed by atoms with van der Waals surface area (Å²) in [5, 5.41) is 0.0355. The molecule has 1 aliphatic rings. The monoisotopic (exact) mass is 445 g/mol. The molecule has 0 bridgehead atoms. The Morgan fingerprint density at radius 1 is 1.00 bits per heavy atom. The molecule has 10 heteroatoms. The molecule has 32 heavy (non-hydrogen) atoms. The van der Waals surface area contributed by atoms with Crippen LogP contribution in [0.25, 0.3) is 21.7 Å². The van der Waals surface area contributed by atoms with Gasteiger partial charge in [0.2, 0.25) is 0 Å². The summed E-state index contributed by atoms with van der Waals surface area (Å²) in [4.78, 5) is 32.2. The van der Waals surface area contributed by atoms with E-state index in [0.717, 1.165) is 18.2 Å². The Labute approximate surface area is 177 Å². The number of benzene rings is 2. The highest BCUT2D eigenvalue weighted by molar-refractivity contribution is 5.98. The molecule has 1 amide bonds. The smallest absolute Gasteiger partial charge is 0.270 e. The second-order valence-corrected chi connectivity index (χ2v) is 7.61. The average molecular weight is 445 g/mol. The fourth-order valence-electron chi connectivity index (χ4n) is 4.14. The quantitative estimate of drug-likeness (QED) is 0.460. The number of H-pyrrole nitrogens is 2. The van der Waals surface area contributed by atoms with Crippen molar-refractivity contribution in [3.63, 3.8) is 0 Å². The summed E-state index contributed by atoms with van der Waals surface area (Å²) in [5.74, 6) is -4.97. The van der Waals surface area contributed by atoms with Gasteiger partial charge in [0.15, 0.2) is 23.3 Å². The molecule has 0 saturated heterocycles. The first-order valence-corrected chi connectivity index (χ1v) is 9.61. The summed E-state index contributed by atoms with van der Waals surface area (Å²) in [7, 11) is 1.46. The number of ether oxygens (including phenoxy) is 1. The molecule has 0 spiro atoms. The molecule has 0 aliphatic carbocycles. The van der Waals surface area contributed by atoms with Gasteiger partial charge in [-0.15, -0.1) is 0 Å². The molecule has 164 valence electrons. The molecule has 3 heterocycles. The van der Waals surface area contributed by atoms with Gasteiger partial charge < -0.3 is 19.6 Å². The lowest BCUT2D eigenvalue weighted by Crippen LogP contribution is -2.37. The Balaban J connectivity index is 1.62. The molecule has 1 aliphatic heterocycles. The van der Waals surface area contributed by atoms with E-state index in [0.29, 0.717) is 11.3 Å². The number of carbonyl (C=O) groups excluding carboxylic acids is 1. The zero-order valence-electron chi connectivity index (χ0n) is 16.6. The third kappa shape index (κ3) is 2.98. The fourth-order valence-corrected chi connectivity index (χ4v) is 4.14. The van der Waals surface area contributed by atoms with Gasteiger partial charge in [-0.25, -0.2) is 17.6 Å². The molecule has 0 saturated carbocycles. The maximum Gasteiger partial charge on any atom is 0.270 e. The van der Waals surface area contributed by atoms with Crippen molar-refractivity contribution >= 4 is 27.6 Å². The van der Waals surface area contributed by atoms with E-state index in [1.165, 1.54) is 24.1 Å². The largest absolute Gasteiger partial charge is 0.373 e. The number of likely N-dealkylation sites (N-methyl/N-ethyl adjacent to an activating group) is 1. The summed E-state index contributed by atoms with van der Waals surface area (Å²) < 4.78 is 60.9. The highest BCUT2D eigenvalue weighted by atomic mass is 19.2. The maximum atomic E-state index is 14.1. The normalized spacial score (nSPS) is 15.8. The Hall–Kier alpha value is -3.66. The number of halogens is 4. The molecular formula is C22H15F4N3O3. The van der Waals surface area contributed by atoms with E-state index in [1.54, 1.807) is 0 Å². The zero-order chi connectivity index (χ0) is 22.7. The number of fused-ring (bicyclic) bond motifs is 4. The Morgan fingerprint density at radius 2 is 1.72 bits per heavy atom. The molecule has 6 nitrogen and oxygen atoms in total. The highest BCUT2D eigenvalue weighted by Gasteiger charge is 2.32. The van der Waals surface area contributed by atoms with E-state index in [2.05, 4.69) is 9.97 Å². The molecule has 1 unspecified atom stereocenters. The van der Waals surface area contributed by atoms with E-state index >= 15 is 0 Å². The van der Waals surface area contributed by atoms with Crippen molar-refractivity contribution in [2.75, 3.05) is 13.7 Å². The predicted octanol–water partition coefficient (Wildman–Crippen LogP) is 3.91. The van der Waals surface area contributed by atoms with Gasteiger partial charge in [-0.1, -0.05) is 0 Å². The van der Waals surface area contributed by atoms with E-state index < -0.39 is 40.8 Å². The fraction of sp³-hybridized carbons (Fsp3) is 0.182. The SMILES string of the molecule is CN(C(=O)c1cc2c(F)c(F)ccc2[nH]1)C1COCc2[nH]c(=O)c3cc(F)c(F)cc3c21. The molecule has 2 aromatic heterocycles. The van der Waals surface area contributed by atoms with Gasteiger partial charge >= 0.3 is 0 Å². The van der Waals surface area contributed by atoms with Crippen molar-refractivity contribution in [1.82, 2.24) is 14.9 Å². The van der Waals surface area contributed by atoms with E-state index in [1.807, 2.05) is 0 Å². The first-order chi connectivity index (χ1) is 15.3. The van der Waals surface area contributed by atoms with Crippen LogP contribution in [-0.2, 0) is 11.3 Å². The second-order valence-electron chi connectivity index (χ2n) is 7.61. The van der Waals surface area contributed by atoms with Crippen LogP contribution in [0.4, 0.5) is 17.6 Å². The molecule has 0 fully saturated rings. The molecule has 5 rings (SSSR count). The van der Waals surface area contributed by atoms with Crippen molar-refractivity contribution in [3.8, 4) is 0 Å². The number of nitrogens with one attached hydrogen (secondary N) is 2. The summed E-state index contributed by atoms with van der Waals surface area (Å²) in [6, 6.07) is 4.46. The van der Waals surface area contributed by atoms with Crippen molar-refractivity contribution < 1.29 is 27.1 Å². The van der Waals surface area contributed by atoms with Gasteiger partial charge in [0.25, 0.3) is 11.5 Å². The first-order valence-electron chi connectivity index (χ1n) is 9.61. The topological polar surface area (TPSA) is 78.2 Å². The van der Waals surface area contributed by atoms with Gasteiger partial charge in [-0.3, -0.25) is 9.59 Å². The molecule has 1 atom stereocenters. The van der Waals surface area contributed by atoms with Crippen LogP contribution in [0.5, 0.6) is 0 Å². The molecule has 4 aromatic rings. The van der Waals surface area contributed by atoms with Crippen LogP contribution in [0.15, 0.2) is 35.1 Å². The number of pyridine rings is 1. The number of carbonyl (C=O) groups is 1. The first kappa shape index (κ1) is 20.3. The lowest BCUT2D eigenvalue weighted by atomic mass is 9.95. The second kappa shape index (κ2) is 7.20. The number of amides is 1. The lowest BCUT2D eigenvalue weighted by molar-refractivity contribution is 0.0333. The van der Waals surface area contributed by atoms with Gasteiger partial charge in [0.05, 0.1) is 24.6 Å². The van der Waals surface area contributed by atoms with Crippen LogP contribution >= 0.6 is 0 Å². The number of hydrogen-bond acceptors (Lipinski definition) is 3. The lowest BCUT2D eigenvalue weighted by Gasteiger charge is -2.33. The minimum Gasteiger partial charge on any atom is -0.373 e. The van der Waals surface area contributed by atoms with Crippen LogP contribution in [0.1, 0.15) is 27.8 Å². The minimum atomic E-state index is -1.16. The highest BCUT2D eigenvalue weighted by Crippen LogP contribution is 2.34. The summed E-state index contributed by atoms with van der Waals surface area (Å²) >= 11 is 0. The van der Waals surface area contributed by atoms with Gasteiger partial charge in [-0.2, -0.15) is 0 Å². The summed E-state index contributed by atoms with van der Waals surface area (Å²) in [6.45, 7) is 0.0491. The van der Waals surface area contributed by atoms with Crippen molar-refractivity contribution in [1.29, 1.82) is 0 Å². The van der Waals surface area contributed by atoms with E-state index in [4.69, 9.17) is 4.74 Å². The maximum absolute atomic E-state index is 14.1. The van der Waals surface area contributed by atoms with E-state index in [9.17, 15) is 27.2 Å². The molecule has 2 aromatic carbocycles. The standard InChI is InChI=1S/C22H15F4N3O3/c1-29(22(31)16-6-11-15(27-16)3-2-12(23)20(11)26)18-8-32-7-17-19(18)9-4-13(24)14(25)5-10(9)21(30)28-17/h2-6,18,27H,7-8H2,1H3,(H,28,30). The average Bonchev–Trinajstić information content (AvgIpc) is 3.21. The summed E-state index contributed by atoms with van der Waals surface area (Å²) in [5.41, 5.74) is 0.408. The molecule has 0 radical (unpaired) electrons. The van der Waals surface area contributed by atoms with Gasteiger partial charge in [0, 0.05) is 29.2 Å². The van der Waals surface area contributed by atoms with Crippen LogP contribution in [-0.4, -0.2) is 34.4 Å². The van der Waals surface area contributed by atoms with Crippen LogP contribution in [0, 0.1) is 23.3 Å².